The highest BCUT2D eigenvalue weighted by atomic mass is 32.1. The molecular formula is C59H103N23O16S2. The van der Waals surface area contributed by atoms with Crippen LogP contribution in [0.15, 0.2) is 34.3 Å². The number of phenols is 1. The molecule has 1 aromatic carbocycles. The van der Waals surface area contributed by atoms with E-state index in [2.05, 4.69) is 93.7 Å². The number of nitrogens with two attached hydrogens (primary N) is 10. The predicted molar refractivity (Wildman–Crippen MR) is 373 cm³/mol. The van der Waals surface area contributed by atoms with Crippen molar-refractivity contribution in [3.8, 4) is 5.75 Å². The smallest absolute Gasteiger partial charge is 0.326 e. The number of thiol groups is 2. The average molecular weight is 1450 g/mol. The van der Waals surface area contributed by atoms with Gasteiger partial charge in [-0.25, -0.2) is 4.79 Å². The standard InChI is InChI=1S/C59H103N23O16S2/c1-29(83)45(82-52(92)39(17-21-63)75-47(87)35(7-4-22-70-58(66)67)74-53(93)40(26-44(65)85)78-55(95)42(27-99)80-46(86)33(64)24-30-11-13-32(84)14-12-30)56(96)77-38(16-20-62)51(91)72-34(6-2-3-18-60)49(89)81-43(28-100)54(94)76-37(15-19-61)50(90)73-36(8-5-23-71-59(68)69)48(88)79-41(57(97)98)25-31-9-10-31/h11-14,29,31,33-43,45,83-84,99-100H,2-10,15-28,60-64H2,1H3,(H2,65,85)(H,72,91)(H,73,90)(H,74,93)(H,75,87)(H,76,94)(H,77,96)(H,78,95)(H,79,88)(H,80,86)(H,81,89)(H,82,92)(H,97,98)(H4,66,67,70)(H4,68,69,71)/t29-,33+,34+,35+,36+,37+,38-,39+,40+,41+,42+,43+,45+/m1/s1. The van der Waals surface area contributed by atoms with Gasteiger partial charge in [-0.2, -0.15) is 25.3 Å². The number of aliphatic carboxylic acids is 1. The number of aliphatic hydroxyl groups is 1. The molecule has 1 aliphatic rings. The molecule has 562 valence electrons. The van der Waals surface area contributed by atoms with Gasteiger partial charge < -0.3 is 131 Å². The number of primary amides is 1. The Bertz CT molecular complexity index is 2940. The molecule has 0 radical (unpaired) electrons. The molecule has 2 rings (SSSR count). The highest BCUT2D eigenvalue weighted by molar-refractivity contribution is 7.80. The van der Waals surface area contributed by atoms with E-state index < -0.39 is 162 Å². The van der Waals surface area contributed by atoms with Crippen molar-refractivity contribution in [1.82, 2.24) is 58.5 Å². The summed E-state index contributed by atoms with van der Waals surface area (Å²) in [7, 11) is 0. The molecule has 0 heterocycles. The van der Waals surface area contributed by atoms with Crippen LogP contribution in [0.5, 0.6) is 5.75 Å². The van der Waals surface area contributed by atoms with Crippen LogP contribution < -0.4 is 116 Å². The van der Waals surface area contributed by atoms with Crippen molar-refractivity contribution in [2.24, 2.45) is 73.2 Å². The Hall–Kier alpha value is -8.87. The van der Waals surface area contributed by atoms with Gasteiger partial charge in [-0.3, -0.25) is 67.5 Å². The van der Waals surface area contributed by atoms with Crippen LogP contribution in [0.25, 0.3) is 0 Å². The zero-order valence-electron chi connectivity index (χ0n) is 55.9. The number of aromatic hydroxyl groups is 1. The van der Waals surface area contributed by atoms with E-state index in [1.165, 1.54) is 24.3 Å². The molecule has 1 saturated carbocycles. The lowest BCUT2D eigenvalue weighted by Crippen LogP contribution is -2.62. The normalized spacial score (nSPS) is 15.7. The molecule has 34 N–H and O–H groups in total. The number of carboxylic acid groups (broad SMARTS) is 1. The van der Waals surface area contributed by atoms with Gasteiger partial charge >= 0.3 is 5.97 Å². The summed E-state index contributed by atoms with van der Waals surface area (Å²) in [6.45, 7) is 0.557. The molecule has 1 aliphatic carbocycles. The van der Waals surface area contributed by atoms with Crippen molar-refractivity contribution in [2.75, 3.05) is 50.8 Å². The molecule has 0 aromatic heterocycles. The summed E-state index contributed by atoms with van der Waals surface area (Å²) in [5.41, 5.74) is 57.3. The number of carbonyl (C=O) groups excluding carboxylic acids is 12. The number of rotatable bonds is 50. The topological polar surface area (TPSA) is 700 Å². The minimum absolute atomic E-state index is 0.000599. The third kappa shape index (κ3) is 33.3. The van der Waals surface area contributed by atoms with Crippen LogP contribution in [0, 0.1) is 5.92 Å². The molecule has 12 amide bonds. The number of carboxylic acids is 1. The van der Waals surface area contributed by atoms with Crippen molar-refractivity contribution >= 4 is 114 Å². The van der Waals surface area contributed by atoms with E-state index in [1.807, 2.05) is 0 Å². The Labute approximate surface area is 589 Å². The molecule has 0 spiro atoms. The van der Waals surface area contributed by atoms with Crippen LogP contribution in [-0.4, -0.2) is 233 Å². The summed E-state index contributed by atoms with van der Waals surface area (Å²) >= 11 is 8.41. The highest BCUT2D eigenvalue weighted by Crippen LogP contribution is 2.33. The quantitative estimate of drug-likeness (QED) is 0.0125. The Kier molecular flexibility index (Phi) is 40.5. The lowest BCUT2D eigenvalue weighted by Gasteiger charge is -2.29. The lowest BCUT2D eigenvalue weighted by atomic mass is 10.0. The first-order valence-electron chi connectivity index (χ1n) is 32.5. The van der Waals surface area contributed by atoms with Crippen molar-refractivity contribution < 1.29 is 77.6 Å². The Morgan fingerprint density at radius 2 is 0.800 bits per heavy atom. The van der Waals surface area contributed by atoms with Crippen LogP contribution in [0.1, 0.15) is 102 Å². The summed E-state index contributed by atoms with van der Waals surface area (Å²) in [6.07, 6.45) is -1.24. The van der Waals surface area contributed by atoms with Crippen molar-refractivity contribution in [3.63, 3.8) is 0 Å². The van der Waals surface area contributed by atoms with Gasteiger partial charge in [0.2, 0.25) is 70.9 Å². The number of nitrogens with one attached hydrogen (secondary N) is 11. The second-order valence-electron chi connectivity index (χ2n) is 23.8. The summed E-state index contributed by atoms with van der Waals surface area (Å²) in [5, 5.41) is 57.3. The van der Waals surface area contributed by atoms with E-state index in [9.17, 15) is 77.6 Å². The maximum atomic E-state index is 14.2. The number of aliphatic imine (C=N–C) groups is 2. The van der Waals surface area contributed by atoms with Gasteiger partial charge in [0.05, 0.1) is 18.6 Å². The summed E-state index contributed by atoms with van der Waals surface area (Å²) < 4.78 is 0. The molecule has 41 heteroatoms. The summed E-state index contributed by atoms with van der Waals surface area (Å²) in [6, 6.07) is -12.1. The predicted octanol–water partition coefficient (Wildman–Crippen LogP) is -10.1. The minimum atomic E-state index is -1.88. The largest absolute Gasteiger partial charge is 0.508 e. The number of guanidine groups is 2. The van der Waals surface area contributed by atoms with E-state index in [0.717, 1.165) is 19.8 Å². The SMILES string of the molecule is C[C@@H](O)[C@H](NC(=O)[C@H](CCN)NC(=O)[C@H](CCCN=C(N)N)NC(=O)[C@H](CC(N)=O)NC(=O)[C@H](CS)NC(=O)[C@@H](N)Cc1ccc(O)cc1)C(=O)N[C@H](CCN)C(=O)N[C@@H](CCCCN)C(=O)N[C@@H](CS)C(=O)N[C@@H](CCN)C(=O)N[C@@H](CCCN=C(N)N)C(=O)N[C@@H](CC1CC1)C(=O)O. The van der Waals surface area contributed by atoms with Crippen LogP contribution >= 0.6 is 25.3 Å². The van der Waals surface area contributed by atoms with Crippen LogP contribution in [0.3, 0.4) is 0 Å². The van der Waals surface area contributed by atoms with E-state index in [0.29, 0.717) is 12.0 Å². The molecule has 100 heavy (non-hydrogen) atoms. The summed E-state index contributed by atoms with van der Waals surface area (Å²) in [4.78, 5) is 185. The van der Waals surface area contributed by atoms with Gasteiger partial charge in [-0.1, -0.05) is 25.0 Å². The van der Waals surface area contributed by atoms with Crippen LogP contribution in [0.2, 0.25) is 0 Å². The molecular weight excluding hydrogens is 1350 g/mol. The van der Waals surface area contributed by atoms with Gasteiger partial charge in [0.15, 0.2) is 11.9 Å². The Balaban J connectivity index is 2.34. The van der Waals surface area contributed by atoms with Crippen LogP contribution in [-0.2, 0) is 68.7 Å². The van der Waals surface area contributed by atoms with E-state index in [1.54, 1.807) is 0 Å². The average Bonchev–Trinajstić information content (AvgIpc) is 1.38. The fourth-order valence-electron chi connectivity index (χ4n) is 9.68. The van der Waals surface area contributed by atoms with E-state index in [4.69, 9.17) is 57.3 Å². The van der Waals surface area contributed by atoms with E-state index in [-0.39, 0.29) is 145 Å². The minimum Gasteiger partial charge on any atom is -0.508 e. The van der Waals surface area contributed by atoms with Gasteiger partial charge in [-0.05, 0) is 134 Å². The van der Waals surface area contributed by atoms with Crippen molar-refractivity contribution in [3.05, 3.63) is 29.8 Å². The third-order valence-electron chi connectivity index (χ3n) is 15.3. The number of amides is 12. The van der Waals surface area contributed by atoms with Gasteiger partial charge in [0.25, 0.3) is 0 Å². The van der Waals surface area contributed by atoms with Gasteiger partial charge in [0.1, 0.15) is 72.2 Å². The van der Waals surface area contributed by atoms with Gasteiger partial charge in [-0.15, -0.1) is 0 Å². The first kappa shape index (κ1) is 87.2. The molecule has 1 aromatic rings. The first-order chi connectivity index (χ1) is 47.3. The highest BCUT2D eigenvalue weighted by Gasteiger charge is 2.38. The third-order valence-corrected chi connectivity index (χ3v) is 16.1. The maximum Gasteiger partial charge on any atom is 0.326 e. The zero-order chi connectivity index (χ0) is 75.2. The molecule has 0 unspecified atom stereocenters. The fourth-order valence-corrected chi connectivity index (χ4v) is 10.2. The number of phenolic OH excluding ortho intramolecular Hbond substituents is 1. The molecule has 13 atom stereocenters. The number of unbranched alkanes of at least 4 members (excludes halogenated alkanes) is 1. The Morgan fingerprint density at radius 3 is 1.16 bits per heavy atom. The maximum absolute atomic E-state index is 14.2. The number of carbonyl (C=O) groups is 13. The number of hydrogen-bond acceptors (Lipinski definition) is 24. The number of benzene rings is 1. The number of nitrogens with zero attached hydrogens (tertiary/aromatic N) is 2. The molecule has 0 aliphatic heterocycles. The summed E-state index contributed by atoms with van der Waals surface area (Å²) in [5.74, 6) is -14.4. The van der Waals surface area contributed by atoms with E-state index >= 15 is 0 Å². The number of hydrogen-bond donors (Lipinski definition) is 26. The first-order valence-corrected chi connectivity index (χ1v) is 33.8. The zero-order valence-corrected chi connectivity index (χ0v) is 57.7. The fraction of sp³-hybridized carbons (Fsp3) is 0.644. The molecule has 39 nitrogen and oxygen atoms in total. The number of aliphatic hydroxyl groups excluding tert-OH is 1. The Morgan fingerprint density at radius 1 is 0.460 bits per heavy atom. The molecule has 1 fully saturated rings. The monoisotopic (exact) mass is 1450 g/mol. The molecule has 0 saturated heterocycles. The lowest BCUT2D eigenvalue weighted by molar-refractivity contribution is -0.142. The second kappa shape index (κ2) is 46.5. The van der Waals surface area contributed by atoms with Crippen LogP contribution in [0.4, 0.5) is 0 Å². The van der Waals surface area contributed by atoms with Gasteiger partial charge in [0, 0.05) is 24.6 Å². The van der Waals surface area contributed by atoms with Crippen molar-refractivity contribution in [1.29, 1.82) is 0 Å². The molecule has 0 bridgehead atoms. The van der Waals surface area contributed by atoms with Crippen molar-refractivity contribution in [2.45, 2.75) is 182 Å². The second-order valence-corrected chi connectivity index (χ2v) is 24.5.